The van der Waals surface area contributed by atoms with Crippen LogP contribution in [0.3, 0.4) is 0 Å². The highest BCUT2D eigenvalue weighted by Crippen LogP contribution is 2.52. The van der Waals surface area contributed by atoms with Gasteiger partial charge in [-0.05, 0) is 12.8 Å². The van der Waals surface area contributed by atoms with E-state index >= 15 is 0 Å². The zero-order valence-corrected chi connectivity index (χ0v) is 8.94. The summed E-state index contributed by atoms with van der Waals surface area (Å²) in [6.45, 7) is 0. The van der Waals surface area contributed by atoms with Gasteiger partial charge < -0.3 is 15.6 Å². The SMILES string of the molecule is COc1cc(F)c(Cl)c(C2(N)CC2)c1O. The summed E-state index contributed by atoms with van der Waals surface area (Å²) in [5.41, 5.74) is 5.45. The van der Waals surface area contributed by atoms with Gasteiger partial charge in [-0.3, -0.25) is 0 Å². The van der Waals surface area contributed by atoms with Gasteiger partial charge in [0.2, 0.25) is 0 Å². The Kier molecular flexibility index (Phi) is 2.28. The molecule has 0 saturated heterocycles. The van der Waals surface area contributed by atoms with E-state index in [0.29, 0.717) is 12.8 Å². The second-order valence-electron chi connectivity index (χ2n) is 3.75. The van der Waals surface area contributed by atoms with Crippen LogP contribution in [-0.2, 0) is 5.54 Å². The lowest BCUT2D eigenvalue weighted by molar-refractivity contribution is 0.364. The molecule has 0 atom stereocenters. The monoisotopic (exact) mass is 231 g/mol. The maximum atomic E-state index is 13.4. The molecule has 82 valence electrons. The molecule has 1 aliphatic carbocycles. The molecule has 1 aliphatic rings. The molecule has 3 nitrogen and oxygen atoms in total. The van der Waals surface area contributed by atoms with E-state index in [9.17, 15) is 9.50 Å². The van der Waals surface area contributed by atoms with E-state index in [4.69, 9.17) is 22.1 Å². The van der Waals surface area contributed by atoms with E-state index < -0.39 is 11.4 Å². The lowest BCUT2D eigenvalue weighted by Crippen LogP contribution is -2.20. The molecule has 2 rings (SSSR count). The summed E-state index contributed by atoms with van der Waals surface area (Å²) in [5, 5.41) is 9.70. The average molecular weight is 232 g/mol. The molecule has 1 saturated carbocycles. The van der Waals surface area contributed by atoms with Crippen LogP contribution < -0.4 is 10.5 Å². The number of halogens is 2. The number of methoxy groups -OCH3 is 1. The summed E-state index contributed by atoms with van der Waals surface area (Å²) in [4.78, 5) is 0. The largest absolute Gasteiger partial charge is 0.504 e. The van der Waals surface area contributed by atoms with Crippen LogP contribution in [0.25, 0.3) is 0 Å². The molecule has 0 radical (unpaired) electrons. The van der Waals surface area contributed by atoms with Crippen LogP contribution in [-0.4, -0.2) is 12.2 Å². The van der Waals surface area contributed by atoms with Crippen LogP contribution in [0.4, 0.5) is 4.39 Å². The van der Waals surface area contributed by atoms with Crippen molar-refractivity contribution in [2.45, 2.75) is 18.4 Å². The zero-order chi connectivity index (χ0) is 11.2. The highest BCUT2D eigenvalue weighted by molar-refractivity contribution is 6.32. The summed E-state index contributed by atoms with van der Waals surface area (Å²) in [5.74, 6) is -0.731. The van der Waals surface area contributed by atoms with Crippen LogP contribution >= 0.6 is 11.6 Å². The first kappa shape index (κ1) is 10.5. The molecule has 15 heavy (non-hydrogen) atoms. The molecule has 0 heterocycles. The fourth-order valence-corrected chi connectivity index (χ4v) is 1.92. The molecular formula is C10H11ClFNO2. The third kappa shape index (κ3) is 1.54. The van der Waals surface area contributed by atoms with Crippen molar-refractivity contribution in [2.24, 2.45) is 5.73 Å². The first-order valence-electron chi connectivity index (χ1n) is 4.54. The Labute approximate surface area is 91.6 Å². The Morgan fingerprint density at radius 2 is 2.20 bits per heavy atom. The Morgan fingerprint density at radius 3 is 2.67 bits per heavy atom. The van der Waals surface area contributed by atoms with Crippen molar-refractivity contribution in [3.05, 3.63) is 22.5 Å². The van der Waals surface area contributed by atoms with Gasteiger partial charge in [0.15, 0.2) is 11.5 Å². The van der Waals surface area contributed by atoms with Gasteiger partial charge in [-0.2, -0.15) is 0 Å². The number of phenolic OH excluding ortho intramolecular Hbond substituents is 1. The minimum absolute atomic E-state index is 0.0589. The molecule has 0 bridgehead atoms. The molecule has 5 heteroatoms. The summed E-state index contributed by atoms with van der Waals surface area (Å²) < 4.78 is 18.2. The number of aromatic hydroxyl groups is 1. The quantitative estimate of drug-likeness (QED) is 0.820. The summed E-state index contributed by atoms with van der Waals surface area (Å²) in [6, 6.07) is 1.05. The number of phenols is 1. The lowest BCUT2D eigenvalue weighted by Gasteiger charge is -2.16. The van der Waals surface area contributed by atoms with Crippen LogP contribution in [0, 0.1) is 5.82 Å². The van der Waals surface area contributed by atoms with Crippen LogP contribution in [0.15, 0.2) is 6.07 Å². The number of rotatable bonds is 2. The van der Waals surface area contributed by atoms with Gasteiger partial charge in [0.25, 0.3) is 0 Å². The molecule has 1 aromatic rings. The van der Waals surface area contributed by atoms with Crippen molar-refractivity contribution in [3.8, 4) is 11.5 Å². The fourth-order valence-electron chi connectivity index (χ4n) is 1.59. The van der Waals surface area contributed by atoms with Crippen LogP contribution in [0.1, 0.15) is 18.4 Å². The second kappa shape index (κ2) is 3.25. The minimum atomic E-state index is -0.698. The third-order valence-electron chi connectivity index (χ3n) is 2.66. The Bertz CT molecular complexity index is 418. The van der Waals surface area contributed by atoms with Gasteiger partial charge >= 0.3 is 0 Å². The average Bonchev–Trinajstić information content (AvgIpc) is 2.91. The van der Waals surface area contributed by atoms with E-state index in [0.717, 1.165) is 6.07 Å². The molecular weight excluding hydrogens is 221 g/mol. The molecule has 0 spiro atoms. The maximum Gasteiger partial charge on any atom is 0.164 e. The number of nitrogens with two attached hydrogens (primary N) is 1. The molecule has 1 fully saturated rings. The van der Waals surface area contributed by atoms with Crippen LogP contribution in [0.5, 0.6) is 11.5 Å². The zero-order valence-electron chi connectivity index (χ0n) is 8.18. The first-order chi connectivity index (χ1) is 6.99. The maximum absolute atomic E-state index is 13.4. The van der Waals surface area contributed by atoms with Gasteiger partial charge in [-0.25, -0.2) is 4.39 Å². The van der Waals surface area contributed by atoms with Crippen molar-refractivity contribution in [1.82, 2.24) is 0 Å². The summed E-state index contributed by atoms with van der Waals surface area (Å²) in [7, 11) is 1.35. The van der Waals surface area contributed by atoms with E-state index in [1.807, 2.05) is 0 Å². The molecule has 3 N–H and O–H groups in total. The fraction of sp³-hybridized carbons (Fsp3) is 0.400. The normalized spacial score (nSPS) is 17.6. The van der Waals surface area contributed by atoms with Gasteiger partial charge in [0, 0.05) is 17.2 Å². The Balaban J connectivity index is 2.65. The molecule has 1 aromatic carbocycles. The third-order valence-corrected chi connectivity index (χ3v) is 3.03. The van der Waals surface area contributed by atoms with E-state index in [1.54, 1.807) is 0 Å². The van der Waals surface area contributed by atoms with Crippen molar-refractivity contribution in [3.63, 3.8) is 0 Å². The number of hydrogen-bond donors (Lipinski definition) is 2. The Hall–Kier alpha value is -1.00. The molecule has 0 unspecified atom stereocenters. The Morgan fingerprint density at radius 1 is 1.60 bits per heavy atom. The summed E-state index contributed by atoms with van der Waals surface area (Å²) in [6.07, 6.45) is 1.37. The van der Waals surface area contributed by atoms with Gasteiger partial charge in [-0.15, -0.1) is 0 Å². The number of hydrogen-bond acceptors (Lipinski definition) is 3. The van der Waals surface area contributed by atoms with E-state index in [2.05, 4.69) is 0 Å². The summed E-state index contributed by atoms with van der Waals surface area (Å²) >= 11 is 5.78. The second-order valence-corrected chi connectivity index (χ2v) is 4.13. The van der Waals surface area contributed by atoms with Crippen molar-refractivity contribution >= 4 is 11.6 Å². The number of ether oxygens (including phenoxy) is 1. The highest BCUT2D eigenvalue weighted by atomic mass is 35.5. The lowest BCUT2D eigenvalue weighted by atomic mass is 10.0. The smallest absolute Gasteiger partial charge is 0.164 e. The van der Waals surface area contributed by atoms with Gasteiger partial charge in [0.1, 0.15) is 5.82 Å². The predicted octanol–water partition coefficient (Wildman–Crippen LogP) is 2.14. The number of benzene rings is 1. The van der Waals surface area contributed by atoms with E-state index in [-0.39, 0.29) is 22.1 Å². The standard InChI is InChI=1S/C10H11ClFNO2/c1-15-6-4-5(12)8(11)7(9(6)14)10(13)2-3-10/h4,14H,2-3,13H2,1H3. The topological polar surface area (TPSA) is 55.5 Å². The van der Waals surface area contributed by atoms with Crippen LogP contribution in [0.2, 0.25) is 5.02 Å². The molecule has 0 aromatic heterocycles. The van der Waals surface area contributed by atoms with Gasteiger partial charge in [-0.1, -0.05) is 11.6 Å². The van der Waals surface area contributed by atoms with Crippen molar-refractivity contribution in [2.75, 3.05) is 7.11 Å². The molecule has 0 aliphatic heterocycles. The van der Waals surface area contributed by atoms with E-state index in [1.165, 1.54) is 7.11 Å². The predicted molar refractivity (Wildman–Crippen MR) is 54.7 cm³/mol. The first-order valence-corrected chi connectivity index (χ1v) is 4.92. The van der Waals surface area contributed by atoms with Crippen molar-refractivity contribution in [1.29, 1.82) is 0 Å². The van der Waals surface area contributed by atoms with Crippen molar-refractivity contribution < 1.29 is 14.2 Å². The minimum Gasteiger partial charge on any atom is -0.504 e. The van der Waals surface area contributed by atoms with Gasteiger partial charge in [0.05, 0.1) is 12.1 Å². The molecule has 0 amide bonds. The highest BCUT2D eigenvalue weighted by Gasteiger charge is 2.45.